The quantitative estimate of drug-likeness (QED) is 0.284. The lowest BCUT2D eigenvalue weighted by atomic mass is 10.0. The number of piperidine rings is 1. The lowest BCUT2D eigenvalue weighted by molar-refractivity contribution is -0.142. The van der Waals surface area contributed by atoms with Gasteiger partial charge in [-0.05, 0) is 87.2 Å². The van der Waals surface area contributed by atoms with Gasteiger partial charge in [0.25, 0.3) is 5.91 Å². The van der Waals surface area contributed by atoms with Crippen LogP contribution in [0.4, 0.5) is 5.82 Å². The number of nitrogens with two attached hydrogens (primary N) is 1. The zero-order valence-corrected chi connectivity index (χ0v) is 26.4. The Labute approximate surface area is 264 Å². The molecule has 2 aliphatic heterocycles. The number of nitrogens with zero attached hydrogens (tertiary/aromatic N) is 3. The third-order valence-electron chi connectivity index (χ3n) is 8.31. The molecule has 0 unspecified atom stereocenters. The highest BCUT2D eigenvalue weighted by molar-refractivity contribution is 7.89. The molecule has 3 aromatic rings. The Hall–Kier alpha value is -4.00. The molecule has 0 bridgehead atoms. The Balaban J connectivity index is 1.15. The van der Waals surface area contributed by atoms with Gasteiger partial charge >= 0.3 is 5.97 Å². The maximum atomic E-state index is 13.2. The minimum absolute atomic E-state index is 0.0478. The van der Waals surface area contributed by atoms with Crippen molar-refractivity contribution >= 4 is 27.7 Å². The molecule has 2 aromatic carbocycles. The summed E-state index contributed by atoms with van der Waals surface area (Å²) < 4.78 is 38.2. The molecule has 3 heterocycles. The highest BCUT2D eigenvalue weighted by Crippen LogP contribution is 2.29. The lowest BCUT2D eigenvalue weighted by Crippen LogP contribution is -2.45. The largest absolute Gasteiger partial charge is 0.485 e. The van der Waals surface area contributed by atoms with Crippen LogP contribution >= 0.6 is 0 Å². The molecule has 12 heteroatoms. The number of esters is 1. The number of sulfonamides is 1. The van der Waals surface area contributed by atoms with E-state index in [2.05, 4.69) is 14.6 Å². The average molecular weight is 636 g/mol. The molecule has 2 saturated heterocycles. The first-order chi connectivity index (χ1) is 21.7. The summed E-state index contributed by atoms with van der Waals surface area (Å²) >= 11 is 0. The third-order valence-corrected chi connectivity index (χ3v) is 9.79. The molecule has 0 atom stereocenters. The van der Waals surface area contributed by atoms with E-state index in [0.29, 0.717) is 17.4 Å². The second-order valence-corrected chi connectivity index (χ2v) is 13.1. The number of ether oxygens (including phenoxy) is 2. The highest BCUT2D eigenvalue weighted by atomic mass is 32.2. The normalized spacial score (nSPS) is 16.1. The second-order valence-electron chi connectivity index (χ2n) is 11.3. The van der Waals surface area contributed by atoms with Crippen LogP contribution in [0, 0.1) is 0 Å². The topological polar surface area (TPSA) is 144 Å². The Morgan fingerprint density at radius 1 is 0.978 bits per heavy atom. The van der Waals surface area contributed by atoms with E-state index in [-0.39, 0.29) is 42.8 Å². The number of likely N-dealkylation sites (tertiary alicyclic amines) is 2. The van der Waals surface area contributed by atoms with E-state index in [0.717, 1.165) is 42.6 Å². The number of amides is 1. The van der Waals surface area contributed by atoms with Gasteiger partial charge < -0.3 is 25.0 Å². The fraction of sp³-hybridized carbons (Fsp3) is 0.424. The number of hydrogen-bond donors (Lipinski definition) is 2. The molecule has 45 heavy (non-hydrogen) atoms. The van der Waals surface area contributed by atoms with E-state index in [9.17, 15) is 18.0 Å². The number of carbonyl (C=O) groups is 2. The zero-order valence-electron chi connectivity index (χ0n) is 25.6. The first-order valence-electron chi connectivity index (χ1n) is 15.5. The number of rotatable bonds is 12. The molecule has 0 saturated carbocycles. The number of hydrogen-bond acceptors (Lipinski definition) is 9. The van der Waals surface area contributed by atoms with Gasteiger partial charge in [0.05, 0.1) is 17.9 Å². The molecule has 240 valence electrons. The fourth-order valence-corrected chi connectivity index (χ4v) is 6.82. The number of nitrogens with one attached hydrogen (secondary N) is 1. The van der Waals surface area contributed by atoms with Crippen LogP contribution in [0.15, 0.2) is 65.7 Å². The summed E-state index contributed by atoms with van der Waals surface area (Å²) in [6, 6.07) is 16.2. The molecule has 1 amide bonds. The van der Waals surface area contributed by atoms with Gasteiger partial charge in [-0.3, -0.25) is 9.59 Å². The molecular weight excluding hydrogens is 594 g/mol. The Morgan fingerprint density at radius 2 is 1.67 bits per heavy atom. The minimum atomic E-state index is -3.77. The van der Waals surface area contributed by atoms with Crippen LogP contribution in [-0.2, 0) is 26.2 Å². The van der Waals surface area contributed by atoms with Gasteiger partial charge in [0.2, 0.25) is 10.0 Å². The molecule has 2 aliphatic rings. The SMILES string of the molecule is CCOC(=O)CCNS(=O)(=O)c1ccc(COc2cc(-c3ccc(C(=O)N4CCC(N5CCCC5)CC4)cc3)cnc2N)cc1. The first-order valence-corrected chi connectivity index (χ1v) is 17.0. The Morgan fingerprint density at radius 3 is 2.33 bits per heavy atom. The molecule has 0 spiro atoms. The van der Waals surface area contributed by atoms with Crippen LogP contribution < -0.4 is 15.2 Å². The van der Waals surface area contributed by atoms with Crippen molar-refractivity contribution in [2.75, 3.05) is 45.1 Å². The predicted molar refractivity (Wildman–Crippen MR) is 171 cm³/mol. The third kappa shape index (κ3) is 8.38. The smallest absolute Gasteiger partial charge is 0.307 e. The van der Waals surface area contributed by atoms with Gasteiger partial charge in [-0.25, -0.2) is 18.1 Å². The molecule has 2 fully saturated rings. The predicted octanol–water partition coefficient (Wildman–Crippen LogP) is 3.84. The van der Waals surface area contributed by atoms with Crippen molar-refractivity contribution in [1.29, 1.82) is 0 Å². The first kappa shape index (κ1) is 32.4. The Bertz CT molecular complexity index is 1570. The molecular formula is C33H41N5O6S. The van der Waals surface area contributed by atoms with E-state index in [4.69, 9.17) is 15.2 Å². The van der Waals surface area contributed by atoms with Crippen molar-refractivity contribution in [3.63, 3.8) is 0 Å². The highest BCUT2D eigenvalue weighted by Gasteiger charge is 2.28. The van der Waals surface area contributed by atoms with Crippen LogP contribution in [0.1, 0.15) is 54.9 Å². The number of anilines is 1. The van der Waals surface area contributed by atoms with Gasteiger partial charge in [-0.2, -0.15) is 0 Å². The molecule has 0 radical (unpaired) electrons. The summed E-state index contributed by atoms with van der Waals surface area (Å²) in [6.45, 7) is 5.98. The van der Waals surface area contributed by atoms with Crippen molar-refractivity contribution in [2.45, 2.75) is 56.6 Å². The maximum Gasteiger partial charge on any atom is 0.307 e. The second kappa shape index (κ2) is 14.9. The summed E-state index contributed by atoms with van der Waals surface area (Å²) in [7, 11) is -3.77. The number of benzene rings is 2. The minimum Gasteiger partial charge on any atom is -0.485 e. The van der Waals surface area contributed by atoms with Gasteiger partial charge in [0.1, 0.15) is 6.61 Å². The van der Waals surface area contributed by atoms with E-state index in [1.165, 1.54) is 38.1 Å². The van der Waals surface area contributed by atoms with Crippen molar-refractivity contribution in [2.24, 2.45) is 0 Å². The van der Waals surface area contributed by atoms with Crippen molar-refractivity contribution in [3.8, 4) is 16.9 Å². The molecule has 0 aliphatic carbocycles. The summed E-state index contributed by atoms with van der Waals surface area (Å²) in [4.78, 5) is 33.5. The van der Waals surface area contributed by atoms with Gasteiger partial charge in [-0.1, -0.05) is 24.3 Å². The lowest BCUT2D eigenvalue weighted by Gasteiger charge is -2.36. The number of aromatic nitrogens is 1. The number of carbonyl (C=O) groups excluding carboxylic acids is 2. The van der Waals surface area contributed by atoms with E-state index in [1.54, 1.807) is 31.3 Å². The zero-order chi connectivity index (χ0) is 31.8. The van der Waals surface area contributed by atoms with E-state index >= 15 is 0 Å². The molecule has 5 rings (SSSR count). The van der Waals surface area contributed by atoms with E-state index in [1.807, 2.05) is 29.2 Å². The standard InChI is InChI=1S/C33H41N5O6S/c1-2-43-31(39)13-16-36-45(41,42)29-11-5-24(6-12-29)23-44-30-21-27(22-35-32(30)34)25-7-9-26(10-8-25)33(40)38-19-14-28(15-20-38)37-17-3-4-18-37/h5-12,21-22,28,36H,2-4,13-20,23H2,1H3,(H2,34,35). The molecule has 11 nitrogen and oxygen atoms in total. The van der Waals surface area contributed by atoms with Crippen LogP contribution in [0.3, 0.4) is 0 Å². The fourth-order valence-electron chi connectivity index (χ4n) is 5.79. The van der Waals surface area contributed by atoms with Gasteiger partial charge in [0, 0.05) is 43.0 Å². The van der Waals surface area contributed by atoms with Crippen molar-refractivity contribution in [1.82, 2.24) is 19.5 Å². The summed E-state index contributed by atoms with van der Waals surface area (Å²) in [5, 5.41) is 0. The average Bonchev–Trinajstić information content (AvgIpc) is 3.60. The summed E-state index contributed by atoms with van der Waals surface area (Å²) in [5.74, 6) is 0.224. The van der Waals surface area contributed by atoms with Crippen LogP contribution in [0.2, 0.25) is 0 Å². The molecule has 1 aromatic heterocycles. The van der Waals surface area contributed by atoms with Crippen LogP contribution in [0.5, 0.6) is 5.75 Å². The van der Waals surface area contributed by atoms with Crippen LogP contribution in [0.25, 0.3) is 11.1 Å². The number of pyridine rings is 1. The van der Waals surface area contributed by atoms with Gasteiger partial charge in [0.15, 0.2) is 11.6 Å². The van der Waals surface area contributed by atoms with Crippen LogP contribution in [-0.4, -0.2) is 80.5 Å². The van der Waals surface area contributed by atoms with Gasteiger partial charge in [-0.15, -0.1) is 0 Å². The summed E-state index contributed by atoms with van der Waals surface area (Å²) in [5.41, 5.74) is 9.15. The van der Waals surface area contributed by atoms with E-state index < -0.39 is 16.0 Å². The molecule has 3 N–H and O–H groups in total. The maximum absolute atomic E-state index is 13.2. The summed E-state index contributed by atoms with van der Waals surface area (Å²) in [6.07, 6.45) is 6.24. The number of nitrogen functional groups attached to an aromatic ring is 1. The van der Waals surface area contributed by atoms with Crippen molar-refractivity contribution < 1.29 is 27.5 Å². The monoisotopic (exact) mass is 635 g/mol. The van der Waals surface area contributed by atoms with Crippen molar-refractivity contribution in [3.05, 3.63) is 71.9 Å². The Kier molecular flexibility index (Phi) is 10.7.